The molecule has 2 rings (SSSR count). The Labute approximate surface area is 133 Å². The Morgan fingerprint density at radius 1 is 1.27 bits per heavy atom. The molecule has 0 bridgehead atoms. The van der Waals surface area contributed by atoms with E-state index >= 15 is 0 Å². The van der Waals surface area contributed by atoms with Crippen LogP contribution in [0.15, 0.2) is 24.3 Å². The van der Waals surface area contributed by atoms with E-state index in [4.69, 9.17) is 10.5 Å². The van der Waals surface area contributed by atoms with E-state index in [-0.39, 0.29) is 18.1 Å². The molecule has 0 atom stereocenters. The van der Waals surface area contributed by atoms with Crippen LogP contribution in [-0.2, 0) is 4.74 Å². The number of thiophene rings is 1. The van der Waals surface area contributed by atoms with Gasteiger partial charge in [-0.2, -0.15) is 0 Å². The molecule has 116 valence electrons. The number of nitrogens with one attached hydrogen (secondary N) is 1. The van der Waals surface area contributed by atoms with Gasteiger partial charge in [-0.05, 0) is 38.0 Å². The molecule has 2 aromatic rings. The number of anilines is 2. The first-order valence-electron chi connectivity index (χ1n) is 6.88. The number of amides is 1. The van der Waals surface area contributed by atoms with Crippen LogP contribution in [0, 0.1) is 13.8 Å². The summed E-state index contributed by atoms with van der Waals surface area (Å²) in [5.74, 6) is -0.775. The lowest BCUT2D eigenvalue weighted by atomic mass is 10.1. The van der Waals surface area contributed by atoms with Gasteiger partial charge in [0.15, 0.2) is 0 Å². The predicted octanol–water partition coefficient (Wildman–Crippen LogP) is 3.38. The van der Waals surface area contributed by atoms with Crippen LogP contribution in [0.3, 0.4) is 0 Å². The van der Waals surface area contributed by atoms with E-state index in [2.05, 4.69) is 5.32 Å². The molecular formula is C16H18N2O3S. The minimum Gasteiger partial charge on any atom is -0.462 e. The number of aryl methyl sites for hydroxylation is 1. The second-order valence-electron chi connectivity index (χ2n) is 4.78. The average molecular weight is 318 g/mol. The number of carbonyl (C=O) groups is 2. The van der Waals surface area contributed by atoms with Gasteiger partial charge in [0.25, 0.3) is 5.91 Å². The topological polar surface area (TPSA) is 81.4 Å². The second kappa shape index (κ2) is 6.62. The summed E-state index contributed by atoms with van der Waals surface area (Å²) in [6.45, 7) is 5.60. The van der Waals surface area contributed by atoms with E-state index < -0.39 is 5.97 Å². The maximum atomic E-state index is 12.4. The van der Waals surface area contributed by atoms with Crippen LogP contribution in [0.4, 0.5) is 10.7 Å². The van der Waals surface area contributed by atoms with Crippen molar-refractivity contribution >= 4 is 33.9 Å². The maximum Gasteiger partial charge on any atom is 0.341 e. The van der Waals surface area contributed by atoms with Crippen LogP contribution in [-0.4, -0.2) is 18.5 Å². The van der Waals surface area contributed by atoms with Gasteiger partial charge in [0.05, 0.1) is 17.0 Å². The first kappa shape index (κ1) is 16.0. The van der Waals surface area contributed by atoms with E-state index in [1.807, 2.05) is 31.2 Å². The van der Waals surface area contributed by atoms with Crippen LogP contribution in [0.2, 0.25) is 0 Å². The molecule has 0 unspecified atom stereocenters. The van der Waals surface area contributed by atoms with Gasteiger partial charge < -0.3 is 15.8 Å². The third-order valence-corrected chi connectivity index (χ3v) is 4.37. The normalized spacial score (nSPS) is 10.3. The van der Waals surface area contributed by atoms with Gasteiger partial charge in [-0.25, -0.2) is 4.79 Å². The van der Waals surface area contributed by atoms with Gasteiger partial charge in [-0.15, -0.1) is 11.3 Å². The maximum absolute atomic E-state index is 12.4. The molecular weight excluding hydrogens is 300 g/mol. The summed E-state index contributed by atoms with van der Waals surface area (Å²) in [5, 5.41) is 3.14. The van der Waals surface area contributed by atoms with Crippen LogP contribution >= 0.6 is 11.3 Å². The fourth-order valence-electron chi connectivity index (χ4n) is 2.10. The first-order valence-corrected chi connectivity index (χ1v) is 7.70. The van der Waals surface area contributed by atoms with Crippen LogP contribution in [0.5, 0.6) is 0 Å². The molecule has 0 aliphatic heterocycles. The Kier molecular flexibility index (Phi) is 4.82. The summed E-state index contributed by atoms with van der Waals surface area (Å²) < 4.78 is 4.98. The number of nitrogens with two attached hydrogens (primary N) is 1. The molecule has 1 heterocycles. The molecule has 1 aromatic carbocycles. The third kappa shape index (κ3) is 3.12. The number of nitrogen functional groups attached to an aromatic ring is 1. The van der Waals surface area contributed by atoms with Crippen LogP contribution < -0.4 is 11.1 Å². The predicted molar refractivity (Wildman–Crippen MR) is 88.6 cm³/mol. The van der Waals surface area contributed by atoms with E-state index in [0.29, 0.717) is 15.4 Å². The minimum absolute atomic E-state index is 0.262. The number of esters is 1. The largest absolute Gasteiger partial charge is 0.462 e. The zero-order chi connectivity index (χ0) is 16.3. The number of para-hydroxylation sites is 1. The Morgan fingerprint density at radius 3 is 2.59 bits per heavy atom. The van der Waals surface area contributed by atoms with Crippen molar-refractivity contribution in [3.05, 3.63) is 45.8 Å². The molecule has 0 spiro atoms. The molecule has 0 radical (unpaired) electrons. The quantitative estimate of drug-likeness (QED) is 0.847. The average Bonchev–Trinajstić information content (AvgIpc) is 2.77. The number of ether oxygens (including phenoxy) is 1. The summed E-state index contributed by atoms with van der Waals surface area (Å²) in [4.78, 5) is 24.8. The number of benzene rings is 1. The van der Waals surface area contributed by atoms with Crippen molar-refractivity contribution in [2.24, 2.45) is 0 Å². The lowest BCUT2D eigenvalue weighted by Crippen LogP contribution is -2.13. The highest BCUT2D eigenvalue weighted by Crippen LogP contribution is 2.32. The molecule has 3 N–H and O–H groups in total. The Balaban J connectivity index is 2.30. The monoisotopic (exact) mass is 318 g/mol. The summed E-state index contributed by atoms with van der Waals surface area (Å²) in [5.41, 5.74) is 8.39. The Bertz CT molecular complexity index is 722. The summed E-state index contributed by atoms with van der Waals surface area (Å²) in [6, 6.07) is 7.49. The van der Waals surface area contributed by atoms with Crippen molar-refractivity contribution in [2.75, 3.05) is 17.7 Å². The van der Waals surface area contributed by atoms with Crippen molar-refractivity contribution in [3.63, 3.8) is 0 Å². The fraction of sp³-hybridized carbons (Fsp3) is 0.250. The highest BCUT2D eigenvalue weighted by Gasteiger charge is 2.24. The lowest BCUT2D eigenvalue weighted by molar-refractivity contribution is 0.0527. The number of hydrogen-bond acceptors (Lipinski definition) is 5. The van der Waals surface area contributed by atoms with E-state index in [1.54, 1.807) is 13.8 Å². The van der Waals surface area contributed by atoms with Gasteiger partial charge in [0.1, 0.15) is 5.00 Å². The van der Waals surface area contributed by atoms with Crippen molar-refractivity contribution in [1.29, 1.82) is 0 Å². The van der Waals surface area contributed by atoms with Gasteiger partial charge >= 0.3 is 5.97 Å². The molecule has 5 nitrogen and oxygen atoms in total. The van der Waals surface area contributed by atoms with Gasteiger partial charge in [-0.1, -0.05) is 18.2 Å². The standard InChI is InChI=1S/C16H18N2O3S/c1-4-21-16(20)12-10(3)13(22-14(12)17)15(19)18-11-8-6-5-7-9(11)2/h5-8H,4,17H2,1-3H3,(H,18,19). The SMILES string of the molecule is CCOC(=O)c1c(N)sc(C(=O)Nc2ccccc2C)c1C. The molecule has 0 saturated heterocycles. The summed E-state index contributed by atoms with van der Waals surface area (Å²) in [6.07, 6.45) is 0. The number of carbonyl (C=O) groups excluding carboxylic acids is 2. The third-order valence-electron chi connectivity index (χ3n) is 3.25. The van der Waals surface area contributed by atoms with Crippen molar-refractivity contribution < 1.29 is 14.3 Å². The first-order chi connectivity index (χ1) is 10.5. The summed E-state index contributed by atoms with van der Waals surface area (Å²) in [7, 11) is 0. The molecule has 1 aromatic heterocycles. The molecule has 22 heavy (non-hydrogen) atoms. The Morgan fingerprint density at radius 2 is 1.95 bits per heavy atom. The Hall–Kier alpha value is -2.34. The zero-order valence-corrected chi connectivity index (χ0v) is 13.5. The van der Waals surface area contributed by atoms with Crippen molar-refractivity contribution in [1.82, 2.24) is 0 Å². The molecule has 0 saturated carbocycles. The lowest BCUT2D eigenvalue weighted by Gasteiger charge is -2.07. The zero-order valence-electron chi connectivity index (χ0n) is 12.7. The van der Waals surface area contributed by atoms with E-state index in [9.17, 15) is 9.59 Å². The van der Waals surface area contributed by atoms with Crippen molar-refractivity contribution in [2.45, 2.75) is 20.8 Å². The van der Waals surface area contributed by atoms with E-state index in [0.717, 1.165) is 22.6 Å². The fourth-order valence-corrected chi connectivity index (χ4v) is 3.06. The minimum atomic E-state index is -0.497. The van der Waals surface area contributed by atoms with Crippen molar-refractivity contribution in [3.8, 4) is 0 Å². The number of hydrogen-bond donors (Lipinski definition) is 2. The van der Waals surface area contributed by atoms with E-state index in [1.165, 1.54) is 0 Å². The van der Waals surface area contributed by atoms with Gasteiger partial charge in [-0.3, -0.25) is 4.79 Å². The molecule has 1 amide bonds. The molecule has 0 aliphatic rings. The second-order valence-corrected chi connectivity index (χ2v) is 5.84. The van der Waals surface area contributed by atoms with Gasteiger partial charge in [0, 0.05) is 5.69 Å². The summed E-state index contributed by atoms with van der Waals surface area (Å²) >= 11 is 1.09. The molecule has 6 heteroatoms. The highest BCUT2D eigenvalue weighted by atomic mass is 32.1. The molecule has 0 aliphatic carbocycles. The van der Waals surface area contributed by atoms with Crippen LogP contribution in [0.25, 0.3) is 0 Å². The number of rotatable bonds is 4. The van der Waals surface area contributed by atoms with Gasteiger partial charge in [0.2, 0.25) is 0 Å². The molecule has 0 fully saturated rings. The highest BCUT2D eigenvalue weighted by molar-refractivity contribution is 7.18. The van der Waals surface area contributed by atoms with Crippen LogP contribution in [0.1, 0.15) is 38.1 Å². The smallest absolute Gasteiger partial charge is 0.341 e.